The second kappa shape index (κ2) is 7.42. The lowest BCUT2D eigenvalue weighted by molar-refractivity contribution is -0.129. The number of hydrogen-bond acceptors (Lipinski definition) is 4. The number of aliphatic imine (C=N–C) groups is 1. The van der Waals surface area contributed by atoms with E-state index in [0.717, 1.165) is 49.5 Å². The number of piperidine rings is 1. The van der Waals surface area contributed by atoms with Crippen molar-refractivity contribution < 1.29 is 14.3 Å². The monoisotopic (exact) mass is 332 g/mol. The summed E-state index contributed by atoms with van der Waals surface area (Å²) in [7, 11) is 0. The molecule has 2 aliphatic rings. The fraction of sp³-hybridized carbons (Fsp3) is 0.529. The largest absolute Gasteiger partial charge is 0.490 e. The van der Waals surface area contributed by atoms with E-state index < -0.39 is 0 Å². The van der Waals surface area contributed by atoms with E-state index in [9.17, 15) is 4.79 Å². The number of ether oxygens (including phenoxy) is 2. The molecule has 1 fully saturated rings. The van der Waals surface area contributed by atoms with Gasteiger partial charge in [-0.3, -0.25) is 4.79 Å². The number of nitrogens with zero attached hydrogens (tertiary/aromatic N) is 2. The summed E-state index contributed by atoms with van der Waals surface area (Å²) >= 11 is 0. The molecule has 1 aromatic carbocycles. The van der Waals surface area contributed by atoms with Crippen molar-refractivity contribution in [2.24, 2.45) is 10.7 Å². The third kappa shape index (κ3) is 4.10. The zero-order valence-corrected chi connectivity index (χ0v) is 14.0. The zero-order valence-electron chi connectivity index (χ0n) is 14.0. The van der Waals surface area contributed by atoms with Gasteiger partial charge in [0.05, 0.1) is 19.3 Å². The number of carbonyl (C=O) groups is 1. The number of rotatable bonds is 2. The molecule has 3 rings (SSSR count). The van der Waals surface area contributed by atoms with Crippen LogP contribution in [0.5, 0.6) is 11.5 Å². The maximum Gasteiger partial charge on any atom is 0.219 e. The van der Waals surface area contributed by atoms with E-state index >= 15 is 0 Å². The van der Waals surface area contributed by atoms with Gasteiger partial charge in [-0.2, -0.15) is 0 Å². The summed E-state index contributed by atoms with van der Waals surface area (Å²) < 4.78 is 11.3. The molecule has 0 radical (unpaired) electrons. The van der Waals surface area contributed by atoms with Crippen LogP contribution in [0.25, 0.3) is 0 Å². The van der Waals surface area contributed by atoms with Crippen molar-refractivity contribution in [3.05, 3.63) is 18.2 Å². The first-order chi connectivity index (χ1) is 11.6. The summed E-state index contributed by atoms with van der Waals surface area (Å²) in [6.07, 6.45) is 2.55. The van der Waals surface area contributed by atoms with E-state index in [1.165, 1.54) is 0 Å². The number of guanidine groups is 1. The average Bonchev–Trinajstić information content (AvgIpc) is 2.80. The van der Waals surface area contributed by atoms with Gasteiger partial charge in [-0.15, -0.1) is 0 Å². The minimum atomic E-state index is 0.121. The lowest BCUT2D eigenvalue weighted by atomic mass is 10.1. The normalized spacial score (nSPS) is 18.9. The zero-order chi connectivity index (χ0) is 16.9. The Bertz CT molecular complexity index is 624. The maximum absolute atomic E-state index is 11.3. The fourth-order valence-corrected chi connectivity index (χ4v) is 2.93. The van der Waals surface area contributed by atoms with Gasteiger partial charge < -0.3 is 25.4 Å². The molecule has 1 saturated heterocycles. The topological polar surface area (TPSA) is 89.2 Å². The van der Waals surface area contributed by atoms with Crippen molar-refractivity contribution in [2.75, 3.05) is 31.6 Å². The van der Waals surface area contributed by atoms with Crippen LogP contribution in [0.3, 0.4) is 0 Å². The standard InChI is InChI=1S/C17H24N4O3/c1-12(22)21-7-5-13(6-8-21)19-17(18)20-14-3-4-15-16(11-14)24-10-2-9-23-15/h3-4,11,13H,2,5-10H2,1H3,(H3,18,19,20). The summed E-state index contributed by atoms with van der Waals surface area (Å²) in [5, 5.41) is 3.11. The SMILES string of the molecule is CC(=O)N1CCC(N=C(N)Nc2ccc3c(c2)OCCCO3)CC1. The molecule has 0 spiro atoms. The van der Waals surface area contributed by atoms with Gasteiger partial charge >= 0.3 is 0 Å². The van der Waals surface area contributed by atoms with Crippen LogP contribution in [-0.4, -0.2) is 49.1 Å². The second-order valence-corrected chi connectivity index (χ2v) is 6.09. The van der Waals surface area contributed by atoms with Crippen LogP contribution in [0.4, 0.5) is 5.69 Å². The molecular weight excluding hydrogens is 308 g/mol. The van der Waals surface area contributed by atoms with E-state index in [-0.39, 0.29) is 11.9 Å². The summed E-state index contributed by atoms with van der Waals surface area (Å²) in [6, 6.07) is 5.80. The number of nitrogens with two attached hydrogens (primary N) is 1. The Morgan fingerprint density at radius 3 is 2.67 bits per heavy atom. The van der Waals surface area contributed by atoms with E-state index in [2.05, 4.69) is 10.3 Å². The van der Waals surface area contributed by atoms with Crippen LogP contribution in [0.15, 0.2) is 23.2 Å². The number of hydrogen-bond donors (Lipinski definition) is 2. The summed E-state index contributed by atoms with van der Waals surface area (Å²) in [5.41, 5.74) is 6.85. The Balaban J connectivity index is 1.59. The highest BCUT2D eigenvalue weighted by Crippen LogP contribution is 2.32. The third-order valence-corrected chi connectivity index (χ3v) is 4.25. The fourth-order valence-electron chi connectivity index (χ4n) is 2.93. The Hall–Kier alpha value is -2.44. The Morgan fingerprint density at radius 1 is 1.25 bits per heavy atom. The minimum absolute atomic E-state index is 0.121. The highest BCUT2D eigenvalue weighted by Gasteiger charge is 2.20. The molecule has 7 nitrogen and oxygen atoms in total. The highest BCUT2D eigenvalue weighted by molar-refractivity contribution is 5.92. The van der Waals surface area contributed by atoms with Crippen molar-refractivity contribution in [2.45, 2.75) is 32.2 Å². The van der Waals surface area contributed by atoms with Gasteiger partial charge in [0.25, 0.3) is 0 Å². The first-order valence-corrected chi connectivity index (χ1v) is 8.37. The van der Waals surface area contributed by atoms with Gasteiger partial charge in [0.1, 0.15) is 0 Å². The first kappa shape index (κ1) is 16.4. The van der Waals surface area contributed by atoms with Crippen LogP contribution in [0, 0.1) is 0 Å². The van der Waals surface area contributed by atoms with Gasteiger partial charge in [0, 0.05) is 38.2 Å². The molecule has 2 aliphatic heterocycles. The van der Waals surface area contributed by atoms with E-state index in [1.807, 2.05) is 23.1 Å². The first-order valence-electron chi connectivity index (χ1n) is 8.37. The molecular formula is C17H24N4O3. The third-order valence-electron chi connectivity index (χ3n) is 4.25. The van der Waals surface area contributed by atoms with E-state index in [0.29, 0.717) is 19.2 Å². The summed E-state index contributed by atoms with van der Waals surface area (Å²) in [6.45, 7) is 4.39. The molecule has 1 aromatic rings. The average molecular weight is 332 g/mol. The predicted octanol–water partition coefficient (Wildman–Crippen LogP) is 1.59. The summed E-state index contributed by atoms with van der Waals surface area (Å²) in [4.78, 5) is 17.7. The molecule has 1 amide bonds. The van der Waals surface area contributed by atoms with Crippen molar-refractivity contribution in [1.82, 2.24) is 4.90 Å². The smallest absolute Gasteiger partial charge is 0.219 e. The predicted molar refractivity (Wildman–Crippen MR) is 92.6 cm³/mol. The molecule has 0 bridgehead atoms. The highest BCUT2D eigenvalue weighted by atomic mass is 16.5. The lowest BCUT2D eigenvalue weighted by Gasteiger charge is -2.29. The van der Waals surface area contributed by atoms with E-state index in [1.54, 1.807) is 6.92 Å². The molecule has 2 heterocycles. The Labute approximate surface area is 141 Å². The van der Waals surface area contributed by atoms with Crippen LogP contribution in [-0.2, 0) is 4.79 Å². The molecule has 24 heavy (non-hydrogen) atoms. The van der Waals surface area contributed by atoms with E-state index in [4.69, 9.17) is 15.2 Å². The van der Waals surface area contributed by atoms with Gasteiger partial charge in [0.15, 0.2) is 17.5 Å². The van der Waals surface area contributed by atoms with Crippen molar-refractivity contribution in [3.8, 4) is 11.5 Å². The number of benzene rings is 1. The molecule has 0 atom stereocenters. The van der Waals surface area contributed by atoms with Crippen molar-refractivity contribution >= 4 is 17.6 Å². The van der Waals surface area contributed by atoms with Crippen LogP contribution in [0.2, 0.25) is 0 Å². The van der Waals surface area contributed by atoms with Gasteiger partial charge in [-0.05, 0) is 25.0 Å². The number of likely N-dealkylation sites (tertiary alicyclic amines) is 1. The van der Waals surface area contributed by atoms with Crippen molar-refractivity contribution in [3.63, 3.8) is 0 Å². The number of amides is 1. The molecule has 3 N–H and O–H groups in total. The van der Waals surface area contributed by atoms with Crippen LogP contribution in [0.1, 0.15) is 26.2 Å². The van der Waals surface area contributed by atoms with Gasteiger partial charge in [-0.25, -0.2) is 4.99 Å². The number of nitrogens with one attached hydrogen (secondary N) is 1. The Kier molecular flexibility index (Phi) is 5.08. The molecule has 7 heteroatoms. The molecule has 0 aromatic heterocycles. The quantitative estimate of drug-likeness (QED) is 0.634. The minimum Gasteiger partial charge on any atom is -0.490 e. The molecule has 0 aliphatic carbocycles. The Morgan fingerprint density at radius 2 is 1.96 bits per heavy atom. The molecule has 130 valence electrons. The van der Waals surface area contributed by atoms with Crippen LogP contribution < -0.4 is 20.5 Å². The van der Waals surface area contributed by atoms with Crippen molar-refractivity contribution in [1.29, 1.82) is 0 Å². The number of anilines is 1. The second-order valence-electron chi connectivity index (χ2n) is 6.09. The number of carbonyl (C=O) groups excluding carboxylic acids is 1. The maximum atomic E-state index is 11.3. The summed E-state index contributed by atoms with van der Waals surface area (Å²) in [5.74, 6) is 1.98. The van der Waals surface area contributed by atoms with Crippen LogP contribution >= 0.6 is 0 Å². The van der Waals surface area contributed by atoms with Gasteiger partial charge in [0.2, 0.25) is 5.91 Å². The lowest BCUT2D eigenvalue weighted by Crippen LogP contribution is -2.39. The van der Waals surface area contributed by atoms with Gasteiger partial charge in [-0.1, -0.05) is 0 Å². The molecule has 0 unspecified atom stereocenters. The number of fused-ring (bicyclic) bond motifs is 1. The molecule has 0 saturated carbocycles.